The maximum atomic E-state index is 8.55. The smallest absolute Gasteiger partial charge is 0.822 e. The summed E-state index contributed by atoms with van der Waals surface area (Å²) in [6.07, 6.45) is 0. The Labute approximate surface area is 148 Å². The van der Waals surface area contributed by atoms with Crippen LogP contribution in [0.15, 0.2) is 0 Å². The first-order chi connectivity index (χ1) is 4.00. The van der Waals surface area contributed by atoms with Crippen molar-refractivity contribution in [3.8, 4) is 0 Å². The predicted octanol–water partition coefficient (Wildman–Crippen LogP) is -8.20. The molecule has 0 bridgehead atoms. The van der Waals surface area contributed by atoms with E-state index < -0.39 is 15.6 Å². The van der Waals surface area contributed by atoms with Crippen molar-refractivity contribution in [2.75, 3.05) is 0 Å². The van der Waals surface area contributed by atoms with E-state index in [1.54, 1.807) is 0 Å². The second-order valence-electron chi connectivity index (χ2n) is 0.894. The van der Waals surface area contributed by atoms with Gasteiger partial charge in [-0.15, -0.1) is 0 Å². The average molecular weight is 424 g/mol. The normalized spacial score (nSPS) is 7.87. The van der Waals surface area contributed by atoms with Gasteiger partial charge in [-0.1, -0.05) is 0 Å². The number of phosphoric acid groups is 2. The van der Waals surface area contributed by atoms with Crippen LogP contribution >= 0.6 is 15.6 Å². The Kier molecular flexibility index (Phi) is 55.6. The third kappa shape index (κ3) is 408. The molecule has 0 aliphatic rings. The summed E-state index contributed by atoms with van der Waals surface area (Å²) >= 11 is 0. The molecule has 0 aliphatic heterocycles. The van der Waals surface area contributed by atoms with Gasteiger partial charge in [0.25, 0.3) is 0 Å². The molecule has 14 heteroatoms. The molecule has 0 aromatic carbocycles. The zero-order valence-corrected chi connectivity index (χ0v) is 21.0. The van der Waals surface area contributed by atoms with Crippen molar-refractivity contribution in [1.82, 2.24) is 0 Å². The quantitative estimate of drug-likeness (QED) is 0.209. The molecule has 0 spiro atoms. The van der Waals surface area contributed by atoms with Gasteiger partial charge in [-0.05, 0) is 0 Å². The molecule has 0 saturated heterocycles. The first-order valence-corrected chi connectivity index (χ1v) is 4.38. The molecule has 0 heterocycles. The fourth-order valence-corrected chi connectivity index (χ4v) is 0. The minimum atomic E-state index is -5.39. The van der Waals surface area contributed by atoms with Crippen LogP contribution in [-0.4, -0.2) is 0 Å². The molecule has 0 radical (unpaired) electrons. The molecule has 0 fully saturated rings. The fourth-order valence-electron chi connectivity index (χ4n) is 0. The van der Waals surface area contributed by atoms with Crippen molar-refractivity contribution in [1.29, 1.82) is 0 Å². The van der Waals surface area contributed by atoms with Crippen LogP contribution in [-0.2, 0) is 67.6 Å². The van der Waals surface area contributed by atoms with Gasteiger partial charge >= 0.3 is 88.0 Å². The summed E-state index contributed by atoms with van der Waals surface area (Å²) in [5.41, 5.74) is 0. The van der Waals surface area contributed by atoms with Crippen LogP contribution in [0.4, 0.5) is 0 Å². The monoisotopic (exact) mass is 420 g/mol. The van der Waals surface area contributed by atoms with Gasteiger partial charge in [0, 0.05) is 0 Å². The molecule has 72 valence electrons. The molecular weight excluding hydrogens is 421 g/mol. The van der Waals surface area contributed by atoms with Gasteiger partial charge in [0.15, 0.2) is 0 Å². The average Bonchev–Trinajstić information content (AvgIpc) is 1.12. The molecule has 0 amide bonds. The maximum absolute atomic E-state index is 8.55. The predicted molar refractivity (Wildman–Crippen MR) is 21.6 cm³/mol. The molecule has 0 aromatic rings. The summed E-state index contributed by atoms with van der Waals surface area (Å²) in [4.78, 5) is 51.3. The summed E-state index contributed by atoms with van der Waals surface area (Å²) < 4.78 is 17.1. The van der Waals surface area contributed by atoms with Crippen LogP contribution in [0, 0.1) is 7.43 Å². The van der Waals surface area contributed by atoms with Crippen LogP contribution in [0.2, 0.25) is 0 Å². The van der Waals surface area contributed by atoms with Crippen LogP contribution in [0.3, 0.4) is 0 Å². The summed E-state index contributed by atoms with van der Waals surface area (Å²) in [6, 6.07) is 0. The Morgan fingerprint density at radius 1 is 0.600 bits per heavy atom. The van der Waals surface area contributed by atoms with E-state index in [1.165, 1.54) is 0 Å². The van der Waals surface area contributed by atoms with Gasteiger partial charge in [0.2, 0.25) is 0 Å². The molecule has 0 aromatic heterocycles. The number of rotatable bonds is 0. The Balaban J connectivity index is -0.0000000128. The molecule has 15 heavy (non-hydrogen) atoms. The summed E-state index contributed by atoms with van der Waals surface area (Å²) in [7, 11) is -10.8. The van der Waals surface area contributed by atoms with Gasteiger partial charge in [-0.3, -0.25) is 0 Å². The fraction of sp³-hybridized carbons (Fsp3) is 0. The third-order valence-corrected chi connectivity index (χ3v) is 0. The van der Waals surface area contributed by atoms with Gasteiger partial charge in [0.05, 0.1) is 0 Å². The van der Waals surface area contributed by atoms with Crippen molar-refractivity contribution in [2.24, 2.45) is 0 Å². The zero-order valence-electron chi connectivity index (χ0n) is 8.28. The van der Waals surface area contributed by atoms with Crippen molar-refractivity contribution in [3.63, 3.8) is 0 Å². The van der Waals surface area contributed by atoms with Crippen LogP contribution in [0.25, 0.3) is 0 Å². The molecule has 0 unspecified atom stereocenters. The van der Waals surface area contributed by atoms with Crippen LogP contribution in [0.1, 0.15) is 0 Å². The van der Waals surface area contributed by atoms with E-state index >= 15 is 0 Å². The summed E-state index contributed by atoms with van der Waals surface area (Å²) in [6.45, 7) is 0. The minimum absolute atomic E-state index is 0. The first-order valence-electron chi connectivity index (χ1n) is 1.46. The Morgan fingerprint density at radius 2 is 0.600 bits per heavy atom. The van der Waals surface area contributed by atoms with Gasteiger partial charge in [-0.25, -0.2) is 0 Å². The van der Waals surface area contributed by atoms with E-state index in [2.05, 4.69) is 0 Å². The van der Waals surface area contributed by atoms with Gasteiger partial charge < -0.3 is 45.9 Å². The number of hydrogen-bond donors (Lipinski definition) is 0. The van der Waals surface area contributed by atoms with Crippen molar-refractivity contribution in [3.05, 3.63) is 7.43 Å². The van der Waals surface area contributed by atoms with Crippen LogP contribution in [0.5, 0.6) is 0 Å². The molecule has 8 nitrogen and oxygen atoms in total. The van der Waals surface area contributed by atoms with E-state index in [9.17, 15) is 0 Å². The second kappa shape index (κ2) is 19.4. The van der Waals surface area contributed by atoms with Crippen LogP contribution < -0.4 is 58.9 Å². The van der Waals surface area contributed by atoms with Crippen molar-refractivity contribution in [2.45, 2.75) is 0 Å². The largest absolute Gasteiger partial charge is 2.00 e. The summed E-state index contributed by atoms with van der Waals surface area (Å²) in [5.74, 6) is 0. The molecule has 0 saturated carbocycles. The molecule has 0 N–H and O–H groups in total. The van der Waals surface area contributed by atoms with Gasteiger partial charge in [-0.2, -0.15) is 15.6 Å². The van der Waals surface area contributed by atoms with E-state index in [-0.39, 0.29) is 95.4 Å². The van der Waals surface area contributed by atoms with E-state index in [0.717, 1.165) is 0 Å². The number of hydrogen-bond acceptors (Lipinski definition) is 8. The standard InChI is InChI=1S/CH3.Na.2H3O4P.3Zn/c;;2*1-5(2,3)4;;;/h1H3;;2*(H3,1,2,3,4);;;/q-1;+1;;;3*+2/p-6. The van der Waals surface area contributed by atoms with E-state index in [0.29, 0.717) is 0 Å². The molecule has 0 atom stereocenters. The Bertz CT molecular complexity index is 140. The Hall–Kier alpha value is 3.09. The van der Waals surface area contributed by atoms with Crippen molar-refractivity contribution >= 4 is 15.6 Å². The Morgan fingerprint density at radius 3 is 0.600 bits per heavy atom. The third-order valence-electron chi connectivity index (χ3n) is 0. The zero-order chi connectivity index (χ0) is 9.00. The van der Waals surface area contributed by atoms with E-state index in [1.807, 2.05) is 0 Å². The topological polar surface area (TPSA) is 172 Å². The summed E-state index contributed by atoms with van der Waals surface area (Å²) in [5, 5.41) is 0. The first kappa shape index (κ1) is 43.0. The van der Waals surface area contributed by atoms with Crippen molar-refractivity contribution < 1.29 is 126 Å². The van der Waals surface area contributed by atoms with Gasteiger partial charge in [0.1, 0.15) is 0 Å². The minimum Gasteiger partial charge on any atom is -0.822 e. The SMILES string of the molecule is O=P([O-])([O-])[O-].O=P([O-])([O-])[O-].[CH3-].[Na+].[Zn+2].[Zn+2].[Zn+2]. The van der Waals surface area contributed by atoms with E-state index in [4.69, 9.17) is 38.5 Å². The maximum Gasteiger partial charge on any atom is 2.00 e. The molecular formula is CH3NaO8P2Zn3. The molecule has 0 rings (SSSR count). The second-order valence-corrected chi connectivity index (χ2v) is 2.68. The molecule has 0 aliphatic carbocycles.